The van der Waals surface area contributed by atoms with Crippen molar-refractivity contribution in [3.8, 4) is 5.75 Å². The molecule has 0 amide bonds. The Balaban J connectivity index is 2.12. The van der Waals surface area contributed by atoms with E-state index in [0.717, 1.165) is 5.75 Å². The number of hydrogen-bond acceptors (Lipinski definition) is 1. The third-order valence-electron chi connectivity index (χ3n) is 3.69. The normalized spacial score (nSPS) is 10.6. The average Bonchev–Trinajstić information content (AvgIpc) is 2.57. The molecule has 3 aromatic rings. The molecule has 3 rings (SSSR count). The minimum absolute atomic E-state index is 0.225. The van der Waals surface area contributed by atoms with Crippen molar-refractivity contribution in [1.82, 2.24) is 0 Å². The van der Waals surface area contributed by atoms with E-state index < -0.39 is 0 Å². The zero-order valence-corrected chi connectivity index (χ0v) is 12.1. The van der Waals surface area contributed by atoms with Gasteiger partial charge in [-0.3, -0.25) is 0 Å². The first kappa shape index (κ1) is 13.4. The maximum atomic E-state index is 5.38. The summed E-state index contributed by atoms with van der Waals surface area (Å²) in [5.74, 6) is 1.12. The second kappa shape index (κ2) is 6.27. The van der Waals surface area contributed by atoms with Crippen molar-refractivity contribution in [1.29, 1.82) is 0 Å². The van der Waals surface area contributed by atoms with Crippen LogP contribution in [0.15, 0.2) is 84.9 Å². The van der Waals surface area contributed by atoms with Gasteiger partial charge in [-0.2, -0.15) is 0 Å². The Bertz CT molecular complexity index is 650. The predicted octanol–water partition coefficient (Wildman–Crippen LogP) is 4.88. The van der Waals surface area contributed by atoms with Crippen LogP contribution in [0.1, 0.15) is 22.6 Å². The van der Waals surface area contributed by atoms with E-state index in [4.69, 9.17) is 4.74 Å². The van der Waals surface area contributed by atoms with Crippen LogP contribution in [0.4, 0.5) is 0 Å². The van der Waals surface area contributed by atoms with E-state index >= 15 is 0 Å². The van der Waals surface area contributed by atoms with Crippen LogP contribution in [0.5, 0.6) is 5.75 Å². The molecule has 0 aliphatic rings. The molecular weight excluding hydrogens is 256 g/mol. The standard InChI is InChI=1S/C20H18O/c1-21-19-14-8-13-18(15-19)20(16-9-4-2-5-10-16)17-11-6-3-7-12-17/h2-15,20H,1H3. The Morgan fingerprint density at radius 3 is 1.67 bits per heavy atom. The molecule has 21 heavy (non-hydrogen) atoms. The number of hydrogen-bond donors (Lipinski definition) is 0. The molecule has 3 aromatic carbocycles. The van der Waals surface area contributed by atoms with E-state index in [1.165, 1.54) is 16.7 Å². The second-order valence-corrected chi connectivity index (χ2v) is 5.03. The van der Waals surface area contributed by atoms with Gasteiger partial charge in [-0.05, 0) is 28.8 Å². The highest BCUT2D eigenvalue weighted by Gasteiger charge is 2.16. The van der Waals surface area contributed by atoms with Crippen LogP contribution in [0.2, 0.25) is 0 Å². The van der Waals surface area contributed by atoms with E-state index in [2.05, 4.69) is 72.8 Å². The lowest BCUT2D eigenvalue weighted by Gasteiger charge is -2.19. The number of methoxy groups -OCH3 is 1. The summed E-state index contributed by atoms with van der Waals surface area (Å²) in [4.78, 5) is 0. The first-order chi connectivity index (χ1) is 10.4. The molecule has 0 unspecified atom stereocenters. The maximum Gasteiger partial charge on any atom is 0.119 e. The van der Waals surface area contributed by atoms with Crippen molar-refractivity contribution in [2.75, 3.05) is 7.11 Å². The summed E-state index contributed by atoms with van der Waals surface area (Å²) in [6.07, 6.45) is 0. The van der Waals surface area contributed by atoms with Crippen molar-refractivity contribution in [3.63, 3.8) is 0 Å². The van der Waals surface area contributed by atoms with Gasteiger partial charge in [0.05, 0.1) is 7.11 Å². The topological polar surface area (TPSA) is 9.23 Å². The summed E-state index contributed by atoms with van der Waals surface area (Å²) in [5, 5.41) is 0. The van der Waals surface area contributed by atoms with Gasteiger partial charge in [-0.25, -0.2) is 0 Å². The van der Waals surface area contributed by atoms with Gasteiger partial charge in [-0.1, -0.05) is 72.8 Å². The SMILES string of the molecule is COc1cccc(C(c2ccccc2)c2ccccc2)c1. The number of rotatable bonds is 4. The fraction of sp³-hybridized carbons (Fsp3) is 0.100. The van der Waals surface area contributed by atoms with Crippen LogP contribution in [-0.4, -0.2) is 7.11 Å². The Hall–Kier alpha value is -2.54. The highest BCUT2D eigenvalue weighted by atomic mass is 16.5. The largest absolute Gasteiger partial charge is 0.497 e. The van der Waals surface area contributed by atoms with Gasteiger partial charge in [0.1, 0.15) is 5.75 Å². The van der Waals surface area contributed by atoms with Crippen LogP contribution in [0.25, 0.3) is 0 Å². The van der Waals surface area contributed by atoms with Crippen molar-refractivity contribution < 1.29 is 4.74 Å². The molecule has 0 spiro atoms. The van der Waals surface area contributed by atoms with E-state index in [-0.39, 0.29) is 5.92 Å². The lowest BCUT2D eigenvalue weighted by Crippen LogP contribution is -2.03. The van der Waals surface area contributed by atoms with Gasteiger partial charge in [0.2, 0.25) is 0 Å². The highest BCUT2D eigenvalue weighted by molar-refractivity contribution is 5.45. The van der Waals surface area contributed by atoms with E-state index in [9.17, 15) is 0 Å². The van der Waals surface area contributed by atoms with E-state index in [1.54, 1.807) is 7.11 Å². The molecule has 0 bridgehead atoms. The molecule has 0 radical (unpaired) electrons. The summed E-state index contributed by atoms with van der Waals surface area (Å²) in [6.45, 7) is 0. The van der Waals surface area contributed by atoms with Crippen molar-refractivity contribution in [3.05, 3.63) is 102 Å². The molecule has 1 heteroatoms. The Labute approximate surface area is 125 Å². The van der Waals surface area contributed by atoms with E-state index in [0.29, 0.717) is 0 Å². The van der Waals surface area contributed by atoms with Gasteiger partial charge in [-0.15, -0.1) is 0 Å². The maximum absolute atomic E-state index is 5.38. The van der Waals surface area contributed by atoms with Crippen LogP contribution < -0.4 is 4.74 Å². The Morgan fingerprint density at radius 2 is 1.14 bits per heavy atom. The molecule has 0 aliphatic heterocycles. The van der Waals surface area contributed by atoms with E-state index in [1.807, 2.05) is 12.1 Å². The molecule has 1 nitrogen and oxygen atoms in total. The molecule has 0 aromatic heterocycles. The Morgan fingerprint density at radius 1 is 0.619 bits per heavy atom. The first-order valence-electron chi connectivity index (χ1n) is 7.12. The monoisotopic (exact) mass is 274 g/mol. The summed E-state index contributed by atoms with van der Waals surface area (Å²) in [5.41, 5.74) is 3.82. The fourth-order valence-electron chi connectivity index (χ4n) is 2.69. The molecule has 0 atom stereocenters. The number of ether oxygens (including phenoxy) is 1. The van der Waals surface area contributed by atoms with Crippen LogP contribution >= 0.6 is 0 Å². The van der Waals surface area contributed by atoms with Crippen LogP contribution in [-0.2, 0) is 0 Å². The third kappa shape index (κ3) is 2.97. The van der Waals surface area contributed by atoms with Crippen LogP contribution in [0.3, 0.4) is 0 Å². The summed E-state index contributed by atoms with van der Waals surface area (Å²) in [6, 6.07) is 29.5. The molecule has 0 fully saturated rings. The third-order valence-corrected chi connectivity index (χ3v) is 3.69. The molecule has 104 valence electrons. The van der Waals surface area contributed by atoms with Crippen molar-refractivity contribution in [2.24, 2.45) is 0 Å². The van der Waals surface area contributed by atoms with Gasteiger partial charge in [0, 0.05) is 5.92 Å². The smallest absolute Gasteiger partial charge is 0.119 e. The average molecular weight is 274 g/mol. The summed E-state index contributed by atoms with van der Waals surface area (Å²) >= 11 is 0. The minimum Gasteiger partial charge on any atom is -0.497 e. The lowest BCUT2D eigenvalue weighted by molar-refractivity contribution is 0.414. The predicted molar refractivity (Wildman–Crippen MR) is 86.8 cm³/mol. The quantitative estimate of drug-likeness (QED) is 0.616. The molecule has 0 aliphatic carbocycles. The minimum atomic E-state index is 0.225. The van der Waals surface area contributed by atoms with Gasteiger partial charge < -0.3 is 4.74 Å². The molecule has 0 N–H and O–H groups in total. The zero-order valence-electron chi connectivity index (χ0n) is 12.1. The fourth-order valence-corrected chi connectivity index (χ4v) is 2.69. The highest BCUT2D eigenvalue weighted by Crippen LogP contribution is 2.33. The summed E-state index contributed by atoms with van der Waals surface area (Å²) < 4.78 is 5.38. The van der Waals surface area contributed by atoms with Crippen LogP contribution in [0, 0.1) is 0 Å². The zero-order chi connectivity index (χ0) is 14.5. The Kier molecular flexibility index (Phi) is 4.02. The van der Waals surface area contributed by atoms with Gasteiger partial charge in [0.25, 0.3) is 0 Å². The van der Waals surface area contributed by atoms with Crippen molar-refractivity contribution in [2.45, 2.75) is 5.92 Å². The van der Waals surface area contributed by atoms with Crippen molar-refractivity contribution >= 4 is 0 Å². The van der Waals surface area contributed by atoms with Gasteiger partial charge >= 0.3 is 0 Å². The molecule has 0 saturated carbocycles. The second-order valence-electron chi connectivity index (χ2n) is 5.03. The molecule has 0 heterocycles. The number of benzene rings is 3. The molecule has 0 saturated heterocycles. The molecular formula is C20H18O. The summed E-state index contributed by atoms with van der Waals surface area (Å²) in [7, 11) is 1.71. The first-order valence-corrected chi connectivity index (χ1v) is 7.12. The van der Waals surface area contributed by atoms with Gasteiger partial charge in [0.15, 0.2) is 0 Å². The lowest BCUT2D eigenvalue weighted by atomic mass is 9.85.